The molecule has 0 radical (unpaired) electrons. The van der Waals surface area contributed by atoms with Gasteiger partial charge in [0.2, 0.25) is 0 Å². The first-order valence-electron chi connectivity index (χ1n) is 5.98. The summed E-state index contributed by atoms with van der Waals surface area (Å²) in [6.07, 6.45) is 0. The lowest BCUT2D eigenvalue weighted by atomic mass is 10.2. The predicted octanol–water partition coefficient (Wildman–Crippen LogP) is 2.07. The zero-order valence-electron chi connectivity index (χ0n) is 10.8. The molecule has 0 saturated carbocycles. The molecule has 0 saturated heterocycles. The van der Waals surface area contributed by atoms with E-state index in [1.54, 1.807) is 11.3 Å². The summed E-state index contributed by atoms with van der Waals surface area (Å²) in [5.74, 6) is 5.59. The fraction of sp³-hybridized carbons (Fsp3) is 0.500. The molecular formula is C14H18N2OS. The maximum atomic E-state index is 8.83. The standard InChI is InChI=1S/C14H18N2OS/c1-3-16(9-12(2)8-15)10-14-7-13(11-18-14)5-4-6-17/h7,11-12,17H,3,6,9-10H2,1-2H3. The van der Waals surface area contributed by atoms with E-state index in [0.717, 1.165) is 25.2 Å². The van der Waals surface area contributed by atoms with Gasteiger partial charge in [0.25, 0.3) is 0 Å². The van der Waals surface area contributed by atoms with Crippen molar-refractivity contribution in [1.29, 1.82) is 5.26 Å². The molecule has 4 heteroatoms. The van der Waals surface area contributed by atoms with Gasteiger partial charge in [-0.15, -0.1) is 11.3 Å². The van der Waals surface area contributed by atoms with E-state index in [2.05, 4.69) is 29.7 Å². The second-order valence-electron chi connectivity index (χ2n) is 4.12. The van der Waals surface area contributed by atoms with Crippen molar-refractivity contribution in [2.75, 3.05) is 19.7 Å². The third-order valence-electron chi connectivity index (χ3n) is 2.54. The molecule has 1 N–H and O–H groups in total. The van der Waals surface area contributed by atoms with Gasteiger partial charge >= 0.3 is 0 Å². The number of rotatable bonds is 5. The van der Waals surface area contributed by atoms with E-state index in [-0.39, 0.29) is 12.5 Å². The van der Waals surface area contributed by atoms with E-state index in [4.69, 9.17) is 10.4 Å². The third kappa shape index (κ3) is 4.89. The molecule has 3 nitrogen and oxygen atoms in total. The summed E-state index contributed by atoms with van der Waals surface area (Å²) in [6, 6.07) is 4.31. The number of nitrogens with zero attached hydrogens (tertiary/aromatic N) is 2. The van der Waals surface area contributed by atoms with Gasteiger partial charge in [-0.1, -0.05) is 18.8 Å². The molecule has 0 amide bonds. The zero-order valence-corrected chi connectivity index (χ0v) is 11.6. The fourth-order valence-corrected chi connectivity index (χ4v) is 2.48. The van der Waals surface area contributed by atoms with Crippen LogP contribution >= 0.6 is 11.3 Å². The van der Waals surface area contributed by atoms with Crippen LogP contribution < -0.4 is 0 Å². The Balaban J connectivity index is 2.59. The van der Waals surface area contributed by atoms with Crippen LogP contribution in [0.5, 0.6) is 0 Å². The number of aliphatic hydroxyl groups excluding tert-OH is 1. The van der Waals surface area contributed by atoms with Crippen molar-refractivity contribution < 1.29 is 5.11 Å². The summed E-state index contributed by atoms with van der Waals surface area (Å²) < 4.78 is 0. The van der Waals surface area contributed by atoms with Crippen molar-refractivity contribution in [1.82, 2.24) is 4.90 Å². The zero-order chi connectivity index (χ0) is 13.4. The molecule has 1 unspecified atom stereocenters. The van der Waals surface area contributed by atoms with Crippen molar-refractivity contribution in [3.05, 3.63) is 21.9 Å². The normalized spacial score (nSPS) is 11.7. The van der Waals surface area contributed by atoms with E-state index in [1.165, 1.54) is 4.88 Å². The molecule has 1 aromatic heterocycles. The maximum absolute atomic E-state index is 8.83. The first-order chi connectivity index (χ1) is 8.69. The van der Waals surface area contributed by atoms with Gasteiger partial charge in [-0.25, -0.2) is 0 Å². The molecule has 1 aromatic rings. The molecule has 18 heavy (non-hydrogen) atoms. The molecule has 0 fully saturated rings. The van der Waals surface area contributed by atoms with Crippen LogP contribution in [0.1, 0.15) is 24.3 Å². The third-order valence-corrected chi connectivity index (χ3v) is 3.47. The number of hydrogen-bond donors (Lipinski definition) is 1. The minimum atomic E-state index is -0.105. The van der Waals surface area contributed by atoms with Crippen molar-refractivity contribution >= 4 is 11.3 Å². The lowest BCUT2D eigenvalue weighted by Crippen LogP contribution is -2.27. The highest BCUT2D eigenvalue weighted by molar-refractivity contribution is 7.10. The van der Waals surface area contributed by atoms with E-state index in [0.29, 0.717) is 0 Å². The molecule has 0 aliphatic heterocycles. The Morgan fingerprint density at radius 3 is 2.94 bits per heavy atom. The molecule has 1 rings (SSSR count). The van der Waals surface area contributed by atoms with Crippen LogP contribution in [-0.2, 0) is 6.54 Å². The second kappa shape index (κ2) is 7.89. The minimum absolute atomic E-state index is 0.0542. The molecule has 1 atom stereocenters. The smallest absolute Gasteiger partial charge is 0.104 e. The Kier molecular flexibility index (Phi) is 6.46. The van der Waals surface area contributed by atoms with Crippen LogP contribution in [0.15, 0.2) is 11.4 Å². The summed E-state index contributed by atoms with van der Waals surface area (Å²) in [5, 5.41) is 19.5. The molecule has 96 valence electrons. The van der Waals surface area contributed by atoms with Crippen LogP contribution in [-0.4, -0.2) is 29.7 Å². The van der Waals surface area contributed by atoms with Crippen LogP contribution in [0.3, 0.4) is 0 Å². The molecule has 0 bridgehead atoms. The first kappa shape index (κ1) is 14.7. The quantitative estimate of drug-likeness (QED) is 0.826. The molecular weight excluding hydrogens is 244 g/mol. The highest BCUT2D eigenvalue weighted by Gasteiger charge is 2.09. The summed E-state index contributed by atoms with van der Waals surface area (Å²) in [5.41, 5.74) is 0.952. The summed E-state index contributed by atoms with van der Waals surface area (Å²) in [7, 11) is 0. The number of aliphatic hydroxyl groups is 1. The van der Waals surface area contributed by atoms with Crippen molar-refractivity contribution in [2.24, 2.45) is 5.92 Å². The number of nitriles is 1. The average Bonchev–Trinajstić information content (AvgIpc) is 2.82. The van der Waals surface area contributed by atoms with Crippen molar-refractivity contribution in [2.45, 2.75) is 20.4 Å². The monoisotopic (exact) mass is 262 g/mol. The van der Waals surface area contributed by atoms with E-state index >= 15 is 0 Å². The summed E-state index contributed by atoms with van der Waals surface area (Å²) >= 11 is 1.67. The first-order valence-corrected chi connectivity index (χ1v) is 6.86. The SMILES string of the molecule is CCN(Cc1cc(C#CCO)cs1)CC(C)C#N. The van der Waals surface area contributed by atoms with E-state index < -0.39 is 0 Å². The Hall–Kier alpha value is -1.33. The molecule has 0 spiro atoms. The average molecular weight is 262 g/mol. The van der Waals surface area contributed by atoms with Gasteiger partial charge in [0.15, 0.2) is 0 Å². The van der Waals surface area contributed by atoms with E-state index in [9.17, 15) is 0 Å². The Morgan fingerprint density at radius 1 is 1.56 bits per heavy atom. The number of thiophene rings is 1. The van der Waals surface area contributed by atoms with Crippen molar-refractivity contribution in [3.8, 4) is 17.9 Å². The van der Waals surface area contributed by atoms with Gasteiger partial charge in [0.05, 0.1) is 12.0 Å². The lowest BCUT2D eigenvalue weighted by Gasteiger charge is -2.20. The molecule has 0 aliphatic rings. The van der Waals surface area contributed by atoms with Gasteiger partial charge in [-0.2, -0.15) is 5.26 Å². The Morgan fingerprint density at radius 2 is 2.33 bits per heavy atom. The molecule has 0 aliphatic carbocycles. The second-order valence-corrected chi connectivity index (χ2v) is 5.12. The maximum Gasteiger partial charge on any atom is 0.104 e. The van der Waals surface area contributed by atoms with Gasteiger partial charge in [0, 0.05) is 28.9 Å². The Bertz CT molecular complexity index is 464. The molecule has 0 aromatic carbocycles. The van der Waals surface area contributed by atoms with Crippen LogP contribution in [0.2, 0.25) is 0 Å². The van der Waals surface area contributed by atoms with E-state index in [1.807, 2.05) is 18.4 Å². The highest BCUT2D eigenvalue weighted by atomic mass is 32.1. The predicted molar refractivity (Wildman–Crippen MR) is 74.0 cm³/mol. The largest absolute Gasteiger partial charge is 0.384 e. The van der Waals surface area contributed by atoms with Gasteiger partial charge in [-0.3, -0.25) is 4.90 Å². The minimum Gasteiger partial charge on any atom is -0.384 e. The lowest BCUT2D eigenvalue weighted by molar-refractivity contribution is 0.262. The van der Waals surface area contributed by atoms with Crippen molar-refractivity contribution in [3.63, 3.8) is 0 Å². The van der Waals surface area contributed by atoms with Crippen LogP contribution in [0.25, 0.3) is 0 Å². The molecule has 1 heterocycles. The highest BCUT2D eigenvalue weighted by Crippen LogP contribution is 2.16. The van der Waals surface area contributed by atoms with Crippen LogP contribution in [0.4, 0.5) is 0 Å². The van der Waals surface area contributed by atoms with Gasteiger partial charge in [-0.05, 0) is 19.5 Å². The topological polar surface area (TPSA) is 47.3 Å². The van der Waals surface area contributed by atoms with Gasteiger partial charge in [0.1, 0.15) is 6.61 Å². The van der Waals surface area contributed by atoms with Crippen LogP contribution in [0, 0.1) is 29.1 Å². The fourth-order valence-electron chi connectivity index (χ4n) is 1.62. The summed E-state index contributed by atoms with van der Waals surface area (Å²) in [4.78, 5) is 3.49. The van der Waals surface area contributed by atoms with Gasteiger partial charge < -0.3 is 5.11 Å². The number of hydrogen-bond acceptors (Lipinski definition) is 4. The summed E-state index contributed by atoms with van der Waals surface area (Å²) in [6.45, 7) is 6.52. The Labute approximate surface area is 113 Å².